The Labute approximate surface area is 203 Å². The molecule has 3 aromatic rings. The van der Waals surface area contributed by atoms with Crippen molar-refractivity contribution in [1.82, 2.24) is 19.6 Å². The summed E-state index contributed by atoms with van der Waals surface area (Å²) < 4.78 is 1.72. The molecule has 7 nitrogen and oxygen atoms in total. The molecule has 1 saturated heterocycles. The number of nitrogens with zero attached hydrogens (tertiary/aromatic N) is 5. The molecule has 1 fully saturated rings. The molecule has 1 aromatic heterocycles. The molecule has 8 heteroatoms. The highest BCUT2D eigenvalue weighted by molar-refractivity contribution is 6.31. The topological polar surface area (TPSA) is 61.7 Å². The number of hydrogen-bond donors (Lipinski definition) is 0. The predicted octanol–water partition coefficient (Wildman–Crippen LogP) is 3.58. The van der Waals surface area contributed by atoms with Gasteiger partial charge < -0.3 is 4.90 Å². The summed E-state index contributed by atoms with van der Waals surface area (Å²) in [6.07, 6.45) is 5.51. The van der Waals surface area contributed by atoms with Crippen LogP contribution in [0.4, 0.5) is 5.69 Å². The van der Waals surface area contributed by atoms with Gasteiger partial charge in [0.1, 0.15) is 0 Å². The number of hydrogen-bond acceptors (Lipinski definition) is 5. The molecule has 0 bridgehead atoms. The quantitative estimate of drug-likeness (QED) is 0.489. The molecule has 0 N–H and O–H groups in total. The number of aromatic nitrogens is 2. The van der Waals surface area contributed by atoms with E-state index in [4.69, 9.17) is 11.6 Å². The molecule has 0 atom stereocenters. The van der Waals surface area contributed by atoms with Crippen LogP contribution in [0.5, 0.6) is 0 Å². The highest BCUT2D eigenvalue weighted by Gasteiger charge is 2.38. The third kappa shape index (κ3) is 4.62. The molecular weight excluding hydrogens is 450 g/mol. The summed E-state index contributed by atoms with van der Waals surface area (Å²) in [5.74, 6) is -0.454. The van der Waals surface area contributed by atoms with Gasteiger partial charge in [-0.05, 0) is 29.8 Å². The monoisotopic (exact) mass is 475 g/mol. The molecule has 0 unspecified atom stereocenters. The summed E-state index contributed by atoms with van der Waals surface area (Å²) in [6, 6.07) is 17.4. The van der Waals surface area contributed by atoms with Crippen LogP contribution in [0.2, 0.25) is 0 Å². The fourth-order valence-electron chi connectivity index (χ4n) is 4.55. The third-order valence-corrected chi connectivity index (χ3v) is 6.53. The van der Waals surface area contributed by atoms with Crippen LogP contribution in [-0.4, -0.2) is 70.7 Å². The van der Waals surface area contributed by atoms with Crippen molar-refractivity contribution in [2.24, 2.45) is 0 Å². The van der Waals surface area contributed by atoms with Crippen LogP contribution < -0.4 is 4.90 Å². The first kappa shape index (κ1) is 22.4. The van der Waals surface area contributed by atoms with Crippen LogP contribution in [0.25, 0.3) is 6.08 Å². The zero-order valence-corrected chi connectivity index (χ0v) is 19.6. The number of anilines is 1. The molecule has 2 aliphatic rings. The van der Waals surface area contributed by atoms with E-state index in [0.29, 0.717) is 30.8 Å². The van der Waals surface area contributed by atoms with Gasteiger partial charge in [-0.2, -0.15) is 5.10 Å². The van der Waals surface area contributed by atoms with Crippen molar-refractivity contribution in [3.05, 3.63) is 88.7 Å². The Bertz CT molecular complexity index is 1200. The highest BCUT2D eigenvalue weighted by atomic mass is 35.5. The fraction of sp³-hybridized carbons (Fsp3) is 0.269. The second kappa shape index (κ2) is 9.83. The molecule has 0 saturated carbocycles. The average Bonchev–Trinajstić information content (AvgIpc) is 3.46. The third-order valence-electron chi connectivity index (χ3n) is 6.30. The lowest BCUT2D eigenvalue weighted by Crippen LogP contribution is -2.47. The first-order valence-electron chi connectivity index (χ1n) is 11.5. The molecule has 5 rings (SSSR count). The Morgan fingerprint density at radius 2 is 1.71 bits per heavy atom. The number of carbonyl (C=O) groups excluding carboxylic acids is 2. The first-order chi connectivity index (χ1) is 16.6. The number of halogens is 1. The zero-order valence-electron chi connectivity index (χ0n) is 18.8. The van der Waals surface area contributed by atoms with Crippen LogP contribution >= 0.6 is 11.6 Å². The average molecular weight is 476 g/mol. The van der Waals surface area contributed by atoms with Gasteiger partial charge in [0.25, 0.3) is 11.8 Å². The molecule has 2 aromatic carbocycles. The normalized spacial score (nSPS) is 16.9. The molecular formula is C26H26ClN5O2. The minimum absolute atomic E-state index is 0.223. The van der Waals surface area contributed by atoms with Crippen molar-refractivity contribution in [3.63, 3.8) is 0 Å². The van der Waals surface area contributed by atoms with Crippen molar-refractivity contribution < 1.29 is 9.59 Å². The zero-order chi connectivity index (χ0) is 23.5. The van der Waals surface area contributed by atoms with Crippen molar-refractivity contribution in [2.75, 3.05) is 44.2 Å². The molecule has 174 valence electrons. The van der Waals surface area contributed by atoms with Crippen molar-refractivity contribution in [3.8, 4) is 0 Å². The minimum atomic E-state index is -0.231. The number of benzene rings is 2. The van der Waals surface area contributed by atoms with Gasteiger partial charge >= 0.3 is 0 Å². The second-order valence-corrected chi connectivity index (χ2v) is 8.98. The summed E-state index contributed by atoms with van der Waals surface area (Å²) in [5, 5.41) is 4.96. The van der Waals surface area contributed by atoms with Crippen LogP contribution in [0.15, 0.2) is 72.0 Å². The van der Waals surface area contributed by atoms with Gasteiger partial charge in [-0.1, -0.05) is 48.0 Å². The maximum absolute atomic E-state index is 13.2. The second-order valence-electron chi connectivity index (χ2n) is 8.50. The number of carbonyl (C=O) groups is 2. The largest absolute Gasteiger partial charge is 0.368 e. The first-order valence-corrected chi connectivity index (χ1v) is 11.8. The fourth-order valence-corrected chi connectivity index (χ4v) is 4.85. The number of imide groups is 1. The Morgan fingerprint density at radius 1 is 0.912 bits per heavy atom. The lowest BCUT2D eigenvalue weighted by Gasteiger charge is -2.36. The predicted molar refractivity (Wildman–Crippen MR) is 133 cm³/mol. The summed E-state index contributed by atoms with van der Waals surface area (Å²) in [6.45, 7) is 4.65. The molecule has 2 aliphatic heterocycles. The molecule has 2 amide bonds. The number of amides is 2. The van der Waals surface area contributed by atoms with Gasteiger partial charge in [-0.15, -0.1) is 0 Å². The lowest BCUT2D eigenvalue weighted by atomic mass is 10.1. The molecule has 3 heterocycles. The van der Waals surface area contributed by atoms with Crippen molar-refractivity contribution in [1.29, 1.82) is 0 Å². The van der Waals surface area contributed by atoms with E-state index in [-0.39, 0.29) is 11.8 Å². The Morgan fingerprint density at radius 3 is 2.44 bits per heavy atom. The van der Waals surface area contributed by atoms with E-state index in [0.717, 1.165) is 42.5 Å². The van der Waals surface area contributed by atoms with E-state index >= 15 is 0 Å². The Kier molecular flexibility index (Phi) is 6.47. The summed E-state index contributed by atoms with van der Waals surface area (Å²) in [7, 11) is 0. The lowest BCUT2D eigenvalue weighted by molar-refractivity contribution is 0.0647. The summed E-state index contributed by atoms with van der Waals surface area (Å²) in [4.78, 5) is 32.0. The van der Waals surface area contributed by atoms with Gasteiger partial charge in [0.2, 0.25) is 0 Å². The van der Waals surface area contributed by atoms with Crippen LogP contribution in [-0.2, 0) is 6.54 Å². The van der Waals surface area contributed by atoms with Crippen LogP contribution in [0.3, 0.4) is 0 Å². The smallest absolute Gasteiger partial charge is 0.263 e. The molecule has 0 spiro atoms. The maximum atomic E-state index is 13.2. The Balaban J connectivity index is 1.24. The maximum Gasteiger partial charge on any atom is 0.263 e. The summed E-state index contributed by atoms with van der Waals surface area (Å²) >= 11 is 6.51. The van der Waals surface area contributed by atoms with E-state index < -0.39 is 0 Å². The summed E-state index contributed by atoms with van der Waals surface area (Å²) in [5.41, 5.74) is 2.93. The van der Waals surface area contributed by atoms with E-state index in [9.17, 15) is 9.59 Å². The molecule has 0 radical (unpaired) electrons. The van der Waals surface area contributed by atoms with E-state index in [1.165, 1.54) is 4.90 Å². The van der Waals surface area contributed by atoms with Crippen molar-refractivity contribution >= 4 is 35.2 Å². The van der Waals surface area contributed by atoms with Gasteiger partial charge in [0.05, 0.1) is 23.4 Å². The van der Waals surface area contributed by atoms with E-state index in [2.05, 4.69) is 14.9 Å². The van der Waals surface area contributed by atoms with Crippen LogP contribution in [0, 0.1) is 0 Å². The van der Waals surface area contributed by atoms with E-state index in [1.807, 2.05) is 60.8 Å². The highest BCUT2D eigenvalue weighted by Crippen LogP contribution is 2.32. The van der Waals surface area contributed by atoms with Gasteiger partial charge in [-0.3, -0.25) is 24.1 Å². The van der Waals surface area contributed by atoms with Gasteiger partial charge in [0, 0.05) is 56.7 Å². The molecule has 0 aliphatic carbocycles. The Hall–Kier alpha value is -3.42. The van der Waals surface area contributed by atoms with Gasteiger partial charge in [0.15, 0.2) is 0 Å². The van der Waals surface area contributed by atoms with Crippen molar-refractivity contribution in [2.45, 2.75) is 6.54 Å². The minimum Gasteiger partial charge on any atom is -0.368 e. The molecule has 34 heavy (non-hydrogen) atoms. The van der Waals surface area contributed by atoms with E-state index in [1.54, 1.807) is 16.9 Å². The SMILES string of the molecule is O=C1c2cccc(N3CCN(CC(Cl)=Cc4ccccc4)CC3)c2C(=O)N1CCn1cccn1. The van der Waals surface area contributed by atoms with Crippen LogP contribution in [0.1, 0.15) is 26.3 Å². The number of piperazine rings is 1. The number of rotatable bonds is 7. The standard InChI is InChI=1S/C26H26ClN5O2/c27-21(18-20-6-2-1-3-7-20)19-29-12-14-30(15-13-29)23-9-4-8-22-24(23)26(34)32(25(22)33)17-16-31-11-5-10-28-31/h1-11,18H,12-17,19H2. The number of fused-ring (bicyclic) bond motifs is 1. The van der Waals surface area contributed by atoms with Gasteiger partial charge in [-0.25, -0.2) is 0 Å².